The lowest BCUT2D eigenvalue weighted by atomic mass is 9.87. The Kier molecular flexibility index (Phi) is 6.58. The molecular weight excluding hydrogens is 371 g/mol. The van der Waals surface area contributed by atoms with E-state index >= 15 is 0 Å². The van der Waals surface area contributed by atoms with E-state index in [0.717, 1.165) is 44.6 Å². The third-order valence-electron chi connectivity index (χ3n) is 5.56. The molecule has 148 valence electrons. The summed E-state index contributed by atoms with van der Waals surface area (Å²) in [5, 5.41) is 3.05. The van der Waals surface area contributed by atoms with E-state index in [-0.39, 0.29) is 28.8 Å². The number of halogens is 2. The molecule has 7 heteroatoms. The number of benzene rings is 1. The molecule has 0 spiro atoms. The van der Waals surface area contributed by atoms with Crippen LogP contribution in [0.5, 0.6) is 0 Å². The van der Waals surface area contributed by atoms with E-state index in [1.54, 1.807) is 0 Å². The summed E-state index contributed by atoms with van der Waals surface area (Å²) in [6.07, 6.45) is 5.74. The highest BCUT2D eigenvalue weighted by Crippen LogP contribution is 2.40. The van der Waals surface area contributed by atoms with Gasteiger partial charge in [-0.3, -0.25) is 4.79 Å². The fourth-order valence-electron chi connectivity index (χ4n) is 4.38. The van der Waals surface area contributed by atoms with Gasteiger partial charge in [-0.25, -0.2) is 9.18 Å². The Morgan fingerprint density at radius 2 is 2.00 bits per heavy atom. The maximum absolute atomic E-state index is 13.8. The average molecular weight is 397 g/mol. The maximum Gasteiger partial charge on any atom is 0.410 e. The SMILES string of the molecule is CCOC(=O)N1C2CCC1CC(CCCNC(=O)c1ccc(Cl)cc1F)C2. The monoisotopic (exact) mass is 396 g/mol. The average Bonchev–Trinajstić information content (AvgIpc) is 2.89. The fourth-order valence-corrected chi connectivity index (χ4v) is 4.54. The molecule has 27 heavy (non-hydrogen) atoms. The first-order valence-corrected chi connectivity index (χ1v) is 10.1. The van der Waals surface area contributed by atoms with Crippen LogP contribution in [0.4, 0.5) is 9.18 Å². The second-order valence-electron chi connectivity index (χ2n) is 7.35. The summed E-state index contributed by atoms with van der Waals surface area (Å²) in [5.74, 6) is -0.471. The van der Waals surface area contributed by atoms with Gasteiger partial charge in [0.15, 0.2) is 0 Å². The molecule has 0 radical (unpaired) electrons. The predicted molar refractivity (Wildman–Crippen MR) is 101 cm³/mol. The van der Waals surface area contributed by atoms with Crippen molar-refractivity contribution in [3.63, 3.8) is 0 Å². The van der Waals surface area contributed by atoms with Gasteiger partial charge in [0.2, 0.25) is 0 Å². The third kappa shape index (κ3) is 4.72. The van der Waals surface area contributed by atoms with Crippen LogP contribution < -0.4 is 5.32 Å². The molecule has 1 aromatic carbocycles. The summed E-state index contributed by atoms with van der Waals surface area (Å²) in [6, 6.07) is 4.61. The van der Waals surface area contributed by atoms with E-state index in [9.17, 15) is 14.0 Å². The molecule has 2 fully saturated rings. The number of carbonyl (C=O) groups is 2. The van der Waals surface area contributed by atoms with E-state index in [2.05, 4.69) is 5.32 Å². The number of rotatable bonds is 6. The van der Waals surface area contributed by atoms with Crippen molar-refractivity contribution in [2.45, 2.75) is 57.5 Å². The molecular formula is C20H26ClFN2O3. The lowest BCUT2D eigenvalue weighted by molar-refractivity contribution is 0.0588. The topological polar surface area (TPSA) is 58.6 Å². The second-order valence-corrected chi connectivity index (χ2v) is 7.79. The number of hydrogen-bond acceptors (Lipinski definition) is 3. The number of fused-ring (bicyclic) bond motifs is 2. The zero-order chi connectivity index (χ0) is 19.4. The van der Waals surface area contributed by atoms with Crippen molar-refractivity contribution >= 4 is 23.6 Å². The minimum absolute atomic E-state index is 0.0141. The molecule has 5 nitrogen and oxygen atoms in total. The van der Waals surface area contributed by atoms with Gasteiger partial charge in [-0.15, -0.1) is 0 Å². The van der Waals surface area contributed by atoms with Gasteiger partial charge >= 0.3 is 6.09 Å². The van der Waals surface area contributed by atoms with E-state index < -0.39 is 11.7 Å². The summed E-state index contributed by atoms with van der Waals surface area (Å²) in [6.45, 7) is 2.75. The summed E-state index contributed by atoms with van der Waals surface area (Å²) >= 11 is 5.71. The molecule has 2 aliphatic heterocycles. The molecule has 2 saturated heterocycles. The molecule has 2 atom stereocenters. The van der Waals surface area contributed by atoms with Crippen LogP contribution >= 0.6 is 11.6 Å². The van der Waals surface area contributed by atoms with Gasteiger partial charge in [0.05, 0.1) is 12.2 Å². The summed E-state index contributed by atoms with van der Waals surface area (Å²) in [4.78, 5) is 26.1. The van der Waals surface area contributed by atoms with Gasteiger partial charge in [0, 0.05) is 23.7 Å². The quantitative estimate of drug-likeness (QED) is 0.725. The van der Waals surface area contributed by atoms with Crippen molar-refractivity contribution in [1.82, 2.24) is 10.2 Å². The molecule has 3 rings (SSSR count). The summed E-state index contributed by atoms with van der Waals surface area (Å²) in [5.41, 5.74) is 0.0141. The van der Waals surface area contributed by atoms with Crippen LogP contribution in [0.2, 0.25) is 5.02 Å². The molecule has 2 unspecified atom stereocenters. The van der Waals surface area contributed by atoms with Crippen molar-refractivity contribution in [3.8, 4) is 0 Å². The second kappa shape index (κ2) is 8.91. The first-order chi connectivity index (χ1) is 13.0. The Bertz CT molecular complexity index is 686. The Balaban J connectivity index is 1.42. The normalized spacial score (nSPS) is 24.0. The van der Waals surface area contributed by atoms with Crippen LogP contribution in [0.25, 0.3) is 0 Å². The molecule has 1 aromatic rings. The number of carbonyl (C=O) groups excluding carboxylic acids is 2. The lowest BCUT2D eigenvalue weighted by Gasteiger charge is -2.38. The Morgan fingerprint density at radius 1 is 1.30 bits per heavy atom. The van der Waals surface area contributed by atoms with Crippen molar-refractivity contribution in [1.29, 1.82) is 0 Å². The Hall–Kier alpha value is -1.82. The van der Waals surface area contributed by atoms with Gasteiger partial charge in [0.25, 0.3) is 5.91 Å². The summed E-state index contributed by atoms with van der Waals surface area (Å²) < 4.78 is 18.9. The van der Waals surface area contributed by atoms with E-state index in [1.165, 1.54) is 12.1 Å². The van der Waals surface area contributed by atoms with Crippen molar-refractivity contribution in [2.75, 3.05) is 13.2 Å². The number of amides is 2. The lowest BCUT2D eigenvalue weighted by Crippen LogP contribution is -2.46. The Morgan fingerprint density at radius 3 is 2.63 bits per heavy atom. The molecule has 2 amide bonds. The van der Waals surface area contributed by atoms with Gasteiger partial charge in [-0.05, 0) is 69.6 Å². The predicted octanol–water partition coefficient (Wildman–Crippen LogP) is 4.39. The first-order valence-electron chi connectivity index (χ1n) is 9.68. The first kappa shape index (κ1) is 19.9. The fraction of sp³-hybridized carbons (Fsp3) is 0.600. The van der Waals surface area contributed by atoms with Gasteiger partial charge in [0.1, 0.15) is 5.82 Å². The highest BCUT2D eigenvalue weighted by atomic mass is 35.5. The molecule has 2 aliphatic rings. The van der Waals surface area contributed by atoms with Gasteiger partial charge in [-0.1, -0.05) is 11.6 Å². The van der Waals surface area contributed by atoms with E-state index in [4.69, 9.17) is 16.3 Å². The largest absolute Gasteiger partial charge is 0.450 e. The minimum atomic E-state index is -0.608. The number of hydrogen-bond donors (Lipinski definition) is 1. The number of piperidine rings is 1. The van der Waals surface area contributed by atoms with Crippen LogP contribution in [-0.2, 0) is 4.74 Å². The molecule has 0 saturated carbocycles. The van der Waals surface area contributed by atoms with E-state index in [0.29, 0.717) is 19.1 Å². The molecule has 2 bridgehead atoms. The van der Waals surface area contributed by atoms with Crippen LogP contribution in [0.1, 0.15) is 55.8 Å². The van der Waals surface area contributed by atoms with Crippen LogP contribution in [0.3, 0.4) is 0 Å². The van der Waals surface area contributed by atoms with Crippen LogP contribution in [0, 0.1) is 11.7 Å². The zero-order valence-electron chi connectivity index (χ0n) is 15.5. The Labute approximate surface area is 164 Å². The van der Waals surface area contributed by atoms with Crippen molar-refractivity contribution in [3.05, 3.63) is 34.6 Å². The number of nitrogens with zero attached hydrogens (tertiary/aromatic N) is 1. The highest BCUT2D eigenvalue weighted by molar-refractivity contribution is 6.30. The van der Waals surface area contributed by atoms with Crippen molar-refractivity contribution < 1.29 is 18.7 Å². The summed E-state index contributed by atoms with van der Waals surface area (Å²) in [7, 11) is 0. The van der Waals surface area contributed by atoms with E-state index in [1.807, 2.05) is 11.8 Å². The standard InChI is InChI=1S/C20H26ClFN2O3/c1-2-27-20(26)24-15-6-7-16(24)11-13(10-15)4-3-9-23-19(25)17-8-5-14(21)12-18(17)22/h5,8,12-13,15-16H,2-4,6-7,9-11H2,1H3,(H,23,25). The third-order valence-corrected chi connectivity index (χ3v) is 5.79. The molecule has 2 heterocycles. The van der Waals surface area contributed by atoms with Gasteiger partial charge < -0.3 is 15.0 Å². The smallest absolute Gasteiger partial charge is 0.410 e. The van der Waals surface area contributed by atoms with Crippen LogP contribution in [-0.4, -0.2) is 42.1 Å². The van der Waals surface area contributed by atoms with Gasteiger partial charge in [-0.2, -0.15) is 0 Å². The number of nitrogens with one attached hydrogen (secondary N) is 1. The maximum atomic E-state index is 13.8. The van der Waals surface area contributed by atoms with Crippen molar-refractivity contribution in [2.24, 2.45) is 5.92 Å². The molecule has 0 aliphatic carbocycles. The number of ether oxygens (including phenoxy) is 1. The highest BCUT2D eigenvalue weighted by Gasteiger charge is 2.43. The molecule has 0 aromatic heterocycles. The van der Waals surface area contributed by atoms with Crippen LogP contribution in [0.15, 0.2) is 18.2 Å². The minimum Gasteiger partial charge on any atom is -0.450 e. The molecule has 1 N–H and O–H groups in total. The zero-order valence-corrected chi connectivity index (χ0v) is 16.3.